The second kappa shape index (κ2) is 12.8. The maximum absolute atomic E-state index is 12.7. The summed E-state index contributed by atoms with van der Waals surface area (Å²) in [6.07, 6.45) is 2.59. The van der Waals surface area contributed by atoms with Crippen LogP contribution in [0.25, 0.3) is 10.9 Å². The molecular formula is C21H30N8O5. The number of nitrogens with one attached hydrogen (secondary N) is 4. The lowest BCUT2D eigenvalue weighted by Gasteiger charge is -2.20. The number of hydrogen-bond donors (Lipinski definition) is 8. The van der Waals surface area contributed by atoms with E-state index < -0.39 is 48.9 Å². The summed E-state index contributed by atoms with van der Waals surface area (Å²) in [5.74, 6) is -3.16. The number of carboxylic acid groups (broad SMARTS) is 1. The number of aromatic nitrogens is 1. The fraction of sp³-hybridized carbons (Fsp3) is 0.381. The Bertz CT molecular complexity index is 1050. The number of aliphatic imine (C=N–C) groups is 1. The van der Waals surface area contributed by atoms with Gasteiger partial charge in [0.15, 0.2) is 5.96 Å². The minimum Gasteiger partial charge on any atom is -0.480 e. The Labute approximate surface area is 195 Å². The number of amides is 3. The van der Waals surface area contributed by atoms with Crippen molar-refractivity contribution in [1.82, 2.24) is 20.9 Å². The zero-order valence-electron chi connectivity index (χ0n) is 18.5. The predicted molar refractivity (Wildman–Crippen MR) is 125 cm³/mol. The number of nitrogens with zero attached hydrogens (tertiary/aromatic N) is 1. The Kier molecular flexibility index (Phi) is 9.83. The monoisotopic (exact) mass is 474 g/mol. The topological polar surface area (TPSA) is 231 Å². The van der Waals surface area contributed by atoms with Gasteiger partial charge in [-0.05, 0) is 30.9 Å². The van der Waals surface area contributed by atoms with Gasteiger partial charge in [-0.3, -0.25) is 24.2 Å². The van der Waals surface area contributed by atoms with E-state index in [0.717, 1.165) is 16.5 Å². The van der Waals surface area contributed by atoms with E-state index in [4.69, 9.17) is 22.3 Å². The summed E-state index contributed by atoms with van der Waals surface area (Å²) in [4.78, 5) is 54.5. The summed E-state index contributed by atoms with van der Waals surface area (Å²) < 4.78 is 0. The summed E-state index contributed by atoms with van der Waals surface area (Å²) in [5.41, 5.74) is 18.5. The van der Waals surface area contributed by atoms with Crippen LogP contribution in [0.4, 0.5) is 0 Å². The Balaban J connectivity index is 1.98. The zero-order valence-corrected chi connectivity index (χ0v) is 18.5. The van der Waals surface area contributed by atoms with Gasteiger partial charge >= 0.3 is 5.97 Å². The molecule has 0 saturated carbocycles. The van der Waals surface area contributed by atoms with Crippen molar-refractivity contribution >= 4 is 40.6 Å². The number of nitrogens with two attached hydrogens (primary N) is 3. The Morgan fingerprint density at radius 3 is 2.50 bits per heavy atom. The third-order valence-electron chi connectivity index (χ3n) is 4.89. The molecule has 184 valence electrons. The van der Waals surface area contributed by atoms with Crippen LogP contribution in [0.1, 0.15) is 18.4 Å². The molecule has 0 fully saturated rings. The number of aromatic amines is 1. The average molecular weight is 475 g/mol. The molecule has 0 saturated heterocycles. The van der Waals surface area contributed by atoms with Crippen LogP contribution in [0.5, 0.6) is 0 Å². The van der Waals surface area contributed by atoms with E-state index in [0.29, 0.717) is 6.42 Å². The van der Waals surface area contributed by atoms with Gasteiger partial charge in [-0.15, -0.1) is 0 Å². The van der Waals surface area contributed by atoms with Gasteiger partial charge in [-0.2, -0.15) is 0 Å². The number of fused-ring (bicyclic) bond motifs is 1. The number of para-hydroxylation sites is 1. The third kappa shape index (κ3) is 8.43. The largest absolute Gasteiger partial charge is 0.480 e. The van der Waals surface area contributed by atoms with E-state index in [9.17, 15) is 19.2 Å². The van der Waals surface area contributed by atoms with Gasteiger partial charge in [-0.1, -0.05) is 18.2 Å². The van der Waals surface area contributed by atoms with Gasteiger partial charge < -0.3 is 43.2 Å². The van der Waals surface area contributed by atoms with E-state index in [2.05, 4.69) is 25.9 Å². The molecule has 0 bridgehead atoms. The lowest BCUT2D eigenvalue weighted by molar-refractivity contribution is -0.138. The number of guanidine groups is 1. The molecule has 2 rings (SSSR count). The van der Waals surface area contributed by atoms with Crippen LogP contribution in [0.15, 0.2) is 35.5 Å². The van der Waals surface area contributed by atoms with Crippen LogP contribution in [0.2, 0.25) is 0 Å². The standard InChI is InChI=1S/C21H30N8O5/c22-14(8-12-9-26-15-5-2-1-4-13(12)15)19(33)29-16(6-3-7-25-21(23)24)20(34)28-10-17(30)27-11-18(31)32/h1-2,4-5,9,14,16,26H,3,6-8,10-11,22H2,(H,27,30)(H,28,34)(H,29,33)(H,31,32)(H4,23,24,25). The molecule has 0 aliphatic rings. The lowest BCUT2D eigenvalue weighted by Crippen LogP contribution is -2.53. The quantitative estimate of drug-likeness (QED) is 0.0907. The van der Waals surface area contributed by atoms with E-state index in [1.165, 1.54) is 0 Å². The van der Waals surface area contributed by atoms with Crippen LogP contribution in [-0.4, -0.2) is 71.5 Å². The first-order valence-corrected chi connectivity index (χ1v) is 10.6. The number of aliphatic carboxylic acids is 1. The van der Waals surface area contributed by atoms with Crippen LogP contribution in [0.3, 0.4) is 0 Å². The predicted octanol–water partition coefficient (Wildman–Crippen LogP) is -2.11. The molecule has 1 heterocycles. The van der Waals surface area contributed by atoms with Crippen molar-refractivity contribution in [3.63, 3.8) is 0 Å². The first-order chi connectivity index (χ1) is 16.2. The number of H-pyrrole nitrogens is 1. The average Bonchev–Trinajstić information content (AvgIpc) is 3.20. The first kappa shape index (κ1) is 26.1. The Morgan fingerprint density at radius 2 is 1.79 bits per heavy atom. The zero-order chi connectivity index (χ0) is 25.1. The molecule has 2 atom stereocenters. The van der Waals surface area contributed by atoms with E-state index >= 15 is 0 Å². The summed E-state index contributed by atoms with van der Waals surface area (Å²) in [7, 11) is 0. The van der Waals surface area contributed by atoms with Crippen LogP contribution in [0, 0.1) is 0 Å². The summed E-state index contributed by atoms with van der Waals surface area (Å²) in [5, 5.41) is 16.7. The molecule has 2 unspecified atom stereocenters. The lowest BCUT2D eigenvalue weighted by atomic mass is 10.0. The normalized spacial score (nSPS) is 12.4. The number of hydrogen-bond acceptors (Lipinski definition) is 6. The van der Waals surface area contributed by atoms with Crippen molar-refractivity contribution in [3.05, 3.63) is 36.0 Å². The second-order valence-corrected chi connectivity index (χ2v) is 7.57. The minimum atomic E-state index is -1.21. The molecule has 2 aromatic rings. The molecule has 0 radical (unpaired) electrons. The molecule has 34 heavy (non-hydrogen) atoms. The summed E-state index contributed by atoms with van der Waals surface area (Å²) >= 11 is 0. The van der Waals surface area contributed by atoms with Crippen molar-refractivity contribution in [1.29, 1.82) is 0 Å². The molecule has 0 aliphatic heterocycles. The maximum atomic E-state index is 12.7. The van der Waals surface area contributed by atoms with Crippen molar-refractivity contribution in [2.24, 2.45) is 22.2 Å². The third-order valence-corrected chi connectivity index (χ3v) is 4.89. The number of carbonyl (C=O) groups is 4. The second-order valence-electron chi connectivity index (χ2n) is 7.57. The highest BCUT2D eigenvalue weighted by atomic mass is 16.4. The fourth-order valence-electron chi connectivity index (χ4n) is 3.21. The van der Waals surface area contributed by atoms with Gasteiger partial charge in [0, 0.05) is 23.6 Å². The van der Waals surface area contributed by atoms with Gasteiger partial charge in [0.25, 0.3) is 0 Å². The molecule has 13 heteroatoms. The smallest absolute Gasteiger partial charge is 0.322 e. The van der Waals surface area contributed by atoms with Crippen molar-refractivity contribution in [3.8, 4) is 0 Å². The minimum absolute atomic E-state index is 0.0964. The molecule has 0 spiro atoms. The van der Waals surface area contributed by atoms with Crippen LogP contribution >= 0.6 is 0 Å². The van der Waals surface area contributed by atoms with Crippen molar-refractivity contribution in [2.75, 3.05) is 19.6 Å². The van der Waals surface area contributed by atoms with Crippen LogP contribution < -0.4 is 33.2 Å². The summed E-state index contributed by atoms with van der Waals surface area (Å²) in [6.45, 7) is -0.785. The number of carbonyl (C=O) groups excluding carboxylic acids is 3. The number of benzene rings is 1. The van der Waals surface area contributed by atoms with Gasteiger partial charge in [-0.25, -0.2) is 0 Å². The summed E-state index contributed by atoms with van der Waals surface area (Å²) in [6, 6.07) is 5.68. The van der Waals surface area contributed by atoms with Gasteiger partial charge in [0.2, 0.25) is 17.7 Å². The van der Waals surface area contributed by atoms with Crippen LogP contribution in [-0.2, 0) is 25.6 Å². The highest BCUT2D eigenvalue weighted by molar-refractivity contribution is 5.92. The molecule has 1 aromatic heterocycles. The van der Waals surface area contributed by atoms with Gasteiger partial charge in [0.1, 0.15) is 12.6 Å². The molecule has 13 nitrogen and oxygen atoms in total. The van der Waals surface area contributed by atoms with Crippen molar-refractivity contribution < 1.29 is 24.3 Å². The van der Waals surface area contributed by atoms with Gasteiger partial charge in [0.05, 0.1) is 12.6 Å². The molecule has 1 aromatic carbocycles. The number of rotatable bonds is 13. The van der Waals surface area contributed by atoms with Crippen molar-refractivity contribution in [2.45, 2.75) is 31.3 Å². The Hall–Kier alpha value is -4.13. The van der Waals surface area contributed by atoms with E-state index in [1.807, 2.05) is 24.3 Å². The molecule has 0 aliphatic carbocycles. The van der Waals surface area contributed by atoms with E-state index in [-0.39, 0.29) is 25.3 Å². The highest BCUT2D eigenvalue weighted by Crippen LogP contribution is 2.18. The maximum Gasteiger partial charge on any atom is 0.322 e. The first-order valence-electron chi connectivity index (χ1n) is 10.6. The van der Waals surface area contributed by atoms with E-state index in [1.54, 1.807) is 6.20 Å². The fourth-order valence-corrected chi connectivity index (χ4v) is 3.21. The highest BCUT2D eigenvalue weighted by Gasteiger charge is 2.24. The SMILES string of the molecule is NC(N)=NCCCC(NC(=O)C(N)Cc1c[nH]c2ccccc12)C(=O)NCC(=O)NCC(=O)O. The number of carboxylic acids is 1. The molecule has 3 amide bonds. The molecule has 11 N–H and O–H groups in total. The molecular weight excluding hydrogens is 444 g/mol. The Morgan fingerprint density at radius 1 is 1.06 bits per heavy atom.